The molecule has 0 bridgehead atoms. The first-order valence-corrected chi connectivity index (χ1v) is 13.2. The number of ether oxygens (including phenoxy) is 1. The Labute approximate surface area is 223 Å². The molecule has 2 aromatic heterocycles. The number of allylic oxidation sites excluding steroid dienone is 3. The summed E-state index contributed by atoms with van der Waals surface area (Å²) in [7, 11) is 2.05. The Morgan fingerprint density at radius 2 is 2.08 bits per heavy atom. The van der Waals surface area contributed by atoms with E-state index in [9.17, 15) is 4.79 Å². The first-order valence-electron chi connectivity index (χ1n) is 13.2. The molecule has 1 aromatic carbocycles. The van der Waals surface area contributed by atoms with Crippen molar-refractivity contribution in [2.45, 2.75) is 44.7 Å². The quantitative estimate of drug-likeness (QED) is 0.453. The van der Waals surface area contributed by atoms with E-state index in [0.717, 1.165) is 42.0 Å². The van der Waals surface area contributed by atoms with Crippen molar-refractivity contribution in [1.29, 1.82) is 0 Å². The lowest BCUT2D eigenvalue weighted by Crippen LogP contribution is -2.29. The Balaban J connectivity index is 1.31. The Morgan fingerprint density at radius 1 is 1.26 bits per heavy atom. The average Bonchev–Trinajstić information content (AvgIpc) is 3.56. The zero-order valence-corrected chi connectivity index (χ0v) is 22.2. The molecule has 9 nitrogen and oxygen atoms in total. The van der Waals surface area contributed by atoms with Crippen molar-refractivity contribution >= 4 is 22.8 Å². The van der Waals surface area contributed by atoms with E-state index < -0.39 is 0 Å². The minimum atomic E-state index is 0.0233. The number of hydrogen-bond donors (Lipinski definition) is 1. The van der Waals surface area contributed by atoms with Gasteiger partial charge in [-0.1, -0.05) is 30.4 Å². The van der Waals surface area contributed by atoms with Gasteiger partial charge in [0.1, 0.15) is 23.7 Å². The predicted octanol–water partition coefficient (Wildman–Crippen LogP) is 4.08. The largest absolute Gasteiger partial charge is 0.458 e. The van der Waals surface area contributed by atoms with Crippen LogP contribution in [0.3, 0.4) is 0 Å². The van der Waals surface area contributed by atoms with Gasteiger partial charge in [0.05, 0.1) is 17.1 Å². The lowest BCUT2D eigenvalue weighted by molar-refractivity contribution is -0.125. The predicted molar refractivity (Wildman–Crippen MR) is 149 cm³/mol. The van der Waals surface area contributed by atoms with Crippen molar-refractivity contribution in [2.75, 3.05) is 32.4 Å². The molecule has 2 atom stereocenters. The molecule has 38 heavy (non-hydrogen) atoms. The summed E-state index contributed by atoms with van der Waals surface area (Å²) in [5.41, 5.74) is 7.90. The maximum atomic E-state index is 12.8. The smallest absolute Gasteiger partial charge is 0.246 e. The SMILES string of the molecule is CC(C)N(C)C/C=C/C(=O)N1CCC(n2nc(C3C=CC(Oc4ccccc4)=CC3)c3c(N)ncnc32)C1. The molecule has 0 radical (unpaired) electrons. The zero-order valence-electron chi connectivity index (χ0n) is 22.2. The second kappa shape index (κ2) is 11.2. The number of para-hydroxylation sites is 1. The molecule has 3 aromatic rings. The number of nitrogens with two attached hydrogens (primary N) is 1. The molecular formula is C29H35N7O2. The van der Waals surface area contributed by atoms with Gasteiger partial charge in [-0.05, 0) is 58.0 Å². The number of benzene rings is 1. The van der Waals surface area contributed by atoms with Crippen molar-refractivity contribution in [3.63, 3.8) is 0 Å². The highest BCUT2D eigenvalue weighted by atomic mass is 16.5. The number of rotatable bonds is 8. The lowest BCUT2D eigenvalue weighted by atomic mass is 9.95. The van der Waals surface area contributed by atoms with Crippen LogP contribution in [0.25, 0.3) is 11.0 Å². The second-order valence-electron chi connectivity index (χ2n) is 10.2. The van der Waals surface area contributed by atoms with Crippen LogP contribution in [0.1, 0.15) is 44.3 Å². The number of likely N-dealkylation sites (N-methyl/N-ethyl adjacent to an activating group) is 1. The number of amides is 1. The highest BCUT2D eigenvalue weighted by molar-refractivity contribution is 5.89. The van der Waals surface area contributed by atoms with E-state index in [0.29, 0.717) is 30.6 Å². The van der Waals surface area contributed by atoms with Crippen molar-refractivity contribution in [2.24, 2.45) is 0 Å². The molecule has 2 unspecified atom stereocenters. The van der Waals surface area contributed by atoms with Gasteiger partial charge >= 0.3 is 0 Å². The average molecular weight is 514 g/mol. The van der Waals surface area contributed by atoms with Gasteiger partial charge in [0, 0.05) is 37.7 Å². The molecule has 2 aliphatic rings. The van der Waals surface area contributed by atoms with Crippen LogP contribution in [0.5, 0.6) is 5.75 Å². The third-order valence-electron chi connectivity index (χ3n) is 7.30. The van der Waals surface area contributed by atoms with E-state index >= 15 is 0 Å². The fourth-order valence-electron chi connectivity index (χ4n) is 4.82. The van der Waals surface area contributed by atoms with Crippen molar-refractivity contribution in [3.05, 3.63) is 78.5 Å². The molecule has 3 heterocycles. The maximum Gasteiger partial charge on any atom is 0.246 e. The van der Waals surface area contributed by atoms with Crippen LogP contribution in [0.4, 0.5) is 5.82 Å². The molecule has 1 fully saturated rings. The summed E-state index contributed by atoms with van der Waals surface area (Å²) in [6.45, 7) is 6.27. The van der Waals surface area contributed by atoms with Crippen molar-refractivity contribution in [3.8, 4) is 5.75 Å². The number of fused-ring (bicyclic) bond motifs is 1. The van der Waals surface area contributed by atoms with Crippen LogP contribution in [0, 0.1) is 0 Å². The van der Waals surface area contributed by atoms with E-state index in [-0.39, 0.29) is 17.9 Å². The summed E-state index contributed by atoms with van der Waals surface area (Å²) in [5.74, 6) is 2.08. The van der Waals surface area contributed by atoms with Crippen LogP contribution in [-0.2, 0) is 4.79 Å². The van der Waals surface area contributed by atoms with Gasteiger partial charge in [0.15, 0.2) is 5.65 Å². The lowest BCUT2D eigenvalue weighted by Gasteiger charge is -2.19. The van der Waals surface area contributed by atoms with Gasteiger partial charge < -0.3 is 20.3 Å². The van der Waals surface area contributed by atoms with Gasteiger partial charge in [-0.25, -0.2) is 14.6 Å². The van der Waals surface area contributed by atoms with Crippen LogP contribution in [0.2, 0.25) is 0 Å². The van der Waals surface area contributed by atoms with Gasteiger partial charge in [-0.3, -0.25) is 4.79 Å². The maximum absolute atomic E-state index is 12.8. The molecule has 198 valence electrons. The third-order valence-corrected chi connectivity index (χ3v) is 7.30. The Bertz CT molecular complexity index is 1380. The molecule has 1 aliphatic heterocycles. The topological polar surface area (TPSA) is 102 Å². The normalized spacial score (nSPS) is 19.7. The van der Waals surface area contributed by atoms with E-state index in [1.54, 1.807) is 6.08 Å². The van der Waals surface area contributed by atoms with Gasteiger partial charge in [-0.2, -0.15) is 5.10 Å². The number of nitrogen functional groups attached to an aromatic ring is 1. The molecule has 1 saturated heterocycles. The highest BCUT2D eigenvalue weighted by Crippen LogP contribution is 2.36. The van der Waals surface area contributed by atoms with Gasteiger partial charge in [-0.15, -0.1) is 0 Å². The fraction of sp³-hybridized carbons (Fsp3) is 0.379. The number of carbonyl (C=O) groups excluding carboxylic acids is 1. The Morgan fingerprint density at radius 3 is 2.82 bits per heavy atom. The van der Waals surface area contributed by atoms with Crippen molar-refractivity contribution < 1.29 is 9.53 Å². The minimum Gasteiger partial charge on any atom is -0.458 e. The van der Waals surface area contributed by atoms with E-state index in [1.807, 2.05) is 59.1 Å². The second-order valence-corrected chi connectivity index (χ2v) is 10.2. The first-order chi connectivity index (χ1) is 18.4. The van der Waals surface area contributed by atoms with Crippen LogP contribution < -0.4 is 10.5 Å². The Hall–Kier alpha value is -3.98. The monoisotopic (exact) mass is 513 g/mol. The number of anilines is 1. The summed E-state index contributed by atoms with van der Waals surface area (Å²) < 4.78 is 7.92. The molecule has 0 saturated carbocycles. The molecule has 1 amide bonds. The molecule has 5 rings (SSSR count). The van der Waals surface area contributed by atoms with Gasteiger partial charge in [0.25, 0.3) is 0 Å². The number of carbonyl (C=O) groups is 1. The number of aromatic nitrogens is 4. The number of likely N-dealkylation sites (tertiary alicyclic amines) is 1. The summed E-state index contributed by atoms with van der Waals surface area (Å²) in [4.78, 5) is 25.7. The van der Waals surface area contributed by atoms with Gasteiger partial charge in [0.2, 0.25) is 5.91 Å². The fourth-order valence-corrected chi connectivity index (χ4v) is 4.82. The molecule has 9 heteroatoms. The summed E-state index contributed by atoms with van der Waals surface area (Å²) in [6.07, 6.45) is 12.8. The molecule has 0 spiro atoms. The van der Waals surface area contributed by atoms with Crippen LogP contribution in [0.15, 0.2) is 72.8 Å². The number of nitrogens with zero attached hydrogens (tertiary/aromatic N) is 6. The standard InChI is InChI=1S/C29H35N7O2/c1-20(2)34(3)16-7-10-25(37)35-17-15-22(18-35)36-29-26(28(30)31-19-32-29)27(33-36)21-11-13-24(14-12-21)38-23-8-5-4-6-9-23/h4-11,13-14,19-22H,12,15-18H2,1-3H3,(H2,30,31,32)/b10-7+. The summed E-state index contributed by atoms with van der Waals surface area (Å²) in [5, 5.41) is 5.80. The Kier molecular flexibility index (Phi) is 7.55. The van der Waals surface area contributed by atoms with Crippen molar-refractivity contribution in [1.82, 2.24) is 29.5 Å². The van der Waals surface area contributed by atoms with E-state index in [1.165, 1.54) is 6.33 Å². The zero-order chi connectivity index (χ0) is 26.6. The third kappa shape index (κ3) is 5.47. The van der Waals surface area contributed by atoms with E-state index in [4.69, 9.17) is 15.6 Å². The minimum absolute atomic E-state index is 0.0233. The van der Waals surface area contributed by atoms with Crippen LogP contribution in [-0.4, -0.2) is 68.2 Å². The molecular weight excluding hydrogens is 478 g/mol. The summed E-state index contributed by atoms with van der Waals surface area (Å²) in [6, 6.07) is 10.2. The number of hydrogen-bond acceptors (Lipinski definition) is 7. The van der Waals surface area contributed by atoms with E-state index in [2.05, 4.69) is 40.9 Å². The molecule has 1 aliphatic carbocycles. The van der Waals surface area contributed by atoms with Crippen LogP contribution >= 0.6 is 0 Å². The highest BCUT2D eigenvalue weighted by Gasteiger charge is 2.31. The summed E-state index contributed by atoms with van der Waals surface area (Å²) >= 11 is 0. The first kappa shape index (κ1) is 25.7. The molecule has 2 N–H and O–H groups in total.